The zero-order valence-corrected chi connectivity index (χ0v) is 14.3. The minimum Gasteiger partial charge on any atom is -0.442 e. The number of amides is 2. The number of ether oxygens (including phenoxy) is 1. The molecule has 0 spiro atoms. The third-order valence-corrected chi connectivity index (χ3v) is 4.43. The molecular formula is C17H20FN3O5. The monoisotopic (exact) mass is 365 g/mol. The van der Waals surface area contributed by atoms with E-state index in [1.165, 1.54) is 24.0 Å². The number of hydrogen-bond donors (Lipinski definition) is 2. The molecule has 0 saturated carbocycles. The van der Waals surface area contributed by atoms with Crippen LogP contribution in [-0.4, -0.2) is 61.3 Å². The highest BCUT2D eigenvalue weighted by atomic mass is 19.1. The molecule has 2 aliphatic heterocycles. The van der Waals surface area contributed by atoms with Gasteiger partial charge in [-0.15, -0.1) is 0 Å². The molecule has 9 heteroatoms. The number of carbonyl (C=O) groups is 3. The number of halogens is 1. The summed E-state index contributed by atoms with van der Waals surface area (Å²) in [5, 5.41) is 12.1. The van der Waals surface area contributed by atoms with Crippen LogP contribution in [0.3, 0.4) is 0 Å². The molecule has 2 aliphatic rings. The standard InChI is InChI=1S/C17H20FN3O5/c1-10(22)19-7-12-8-21(17(25)26-12)11-2-3-14(13(18)6-11)20-5-4-15(23)16(24)9-20/h2-3,6,12,15,23H,4-5,7-9H2,1H3,(H,19,22)/t12-,15?/m0/s1. The van der Waals surface area contributed by atoms with Crippen molar-refractivity contribution in [3.8, 4) is 0 Å². The number of anilines is 2. The first-order valence-electron chi connectivity index (χ1n) is 8.33. The number of hydrogen-bond acceptors (Lipinski definition) is 6. The van der Waals surface area contributed by atoms with E-state index in [4.69, 9.17) is 4.74 Å². The lowest BCUT2D eigenvalue weighted by atomic mass is 10.1. The van der Waals surface area contributed by atoms with E-state index < -0.39 is 24.1 Å². The van der Waals surface area contributed by atoms with Gasteiger partial charge in [-0.25, -0.2) is 9.18 Å². The van der Waals surface area contributed by atoms with Crippen LogP contribution in [0, 0.1) is 5.82 Å². The molecule has 2 atom stereocenters. The molecule has 2 amide bonds. The molecule has 2 N–H and O–H groups in total. The van der Waals surface area contributed by atoms with Gasteiger partial charge in [0.1, 0.15) is 18.0 Å². The van der Waals surface area contributed by atoms with Crippen molar-refractivity contribution in [2.24, 2.45) is 0 Å². The molecule has 0 bridgehead atoms. The predicted octanol–water partition coefficient (Wildman–Crippen LogP) is 0.427. The second kappa shape index (κ2) is 7.28. The van der Waals surface area contributed by atoms with Crippen LogP contribution < -0.4 is 15.1 Å². The number of carbonyl (C=O) groups excluding carboxylic acids is 3. The van der Waals surface area contributed by atoms with Crippen LogP contribution >= 0.6 is 0 Å². The van der Waals surface area contributed by atoms with Crippen LogP contribution in [0.4, 0.5) is 20.6 Å². The van der Waals surface area contributed by atoms with E-state index in [-0.39, 0.29) is 43.4 Å². The van der Waals surface area contributed by atoms with Gasteiger partial charge < -0.3 is 20.1 Å². The van der Waals surface area contributed by atoms with Crippen LogP contribution in [0.15, 0.2) is 18.2 Å². The summed E-state index contributed by atoms with van der Waals surface area (Å²) in [6, 6.07) is 4.30. The first kappa shape index (κ1) is 18.1. The van der Waals surface area contributed by atoms with Gasteiger partial charge >= 0.3 is 6.09 Å². The fourth-order valence-electron chi connectivity index (χ4n) is 3.03. The maximum Gasteiger partial charge on any atom is 0.414 e. The number of cyclic esters (lactones) is 1. The first-order valence-corrected chi connectivity index (χ1v) is 8.33. The second-order valence-electron chi connectivity index (χ2n) is 6.38. The van der Waals surface area contributed by atoms with E-state index in [2.05, 4.69) is 5.32 Å². The molecule has 140 valence electrons. The molecule has 2 heterocycles. The summed E-state index contributed by atoms with van der Waals surface area (Å²) >= 11 is 0. The summed E-state index contributed by atoms with van der Waals surface area (Å²) in [7, 11) is 0. The topological polar surface area (TPSA) is 99.2 Å². The Morgan fingerprint density at radius 1 is 1.42 bits per heavy atom. The number of nitrogens with one attached hydrogen (secondary N) is 1. The third-order valence-electron chi connectivity index (χ3n) is 4.43. The maximum atomic E-state index is 14.5. The van der Waals surface area contributed by atoms with E-state index in [1.807, 2.05) is 0 Å². The number of nitrogens with zero attached hydrogens (tertiary/aromatic N) is 2. The summed E-state index contributed by atoms with van der Waals surface area (Å²) in [5.41, 5.74) is 0.585. The normalized spacial score (nSPS) is 23.2. The van der Waals surface area contributed by atoms with Crippen molar-refractivity contribution in [3.05, 3.63) is 24.0 Å². The fraction of sp³-hybridized carbons (Fsp3) is 0.471. The molecule has 0 radical (unpaired) electrons. The highest BCUT2D eigenvalue weighted by Gasteiger charge is 2.33. The molecule has 1 aromatic carbocycles. The smallest absolute Gasteiger partial charge is 0.414 e. The average Bonchev–Trinajstić information content (AvgIpc) is 2.96. The minimum atomic E-state index is -0.992. The lowest BCUT2D eigenvalue weighted by Gasteiger charge is -2.30. The van der Waals surface area contributed by atoms with Gasteiger partial charge in [-0.3, -0.25) is 14.5 Å². The van der Waals surface area contributed by atoms with Crippen LogP contribution in [0.1, 0.15) is 13.3 Å². The Morgan fingerprint density at radius 3 is 2.85 bits per heavy atom. The average molecular weight is 365 g/mol. The maximum absolute atomic E-state index is 14.5. The molecular weight excluding hydrogens is 345 g/mol. The molecule has 3 rings (SSSR count). The largest absolute Gasteiger partial charge is 0.442 e. The highest BCUT2D eigenvalue weighted by molar-refractivity contribution is 5.91. The molecule has 1 aromatic rings. The fourth-order valence-corrected chi connectivity index (χ4v) is 3.03. The molecule has 2 fully saturated rings. The van der Waals surface area contributed by atoms with Crippen molar-refractivity contribution in [2.45, 2.75) is 25.6 Å². The lowest BCUT2D eigenvalue weighted by Crippen LogP contribution is -2.44. The van der Waals surface area contributed by atoms with Gasteiger partial charge in [-0.2, -0.15) is 0 Å². The van der Waals surface area contributed by atoms with E-state index in [9.17, 15) is 23.9 Å². The number of piperidine rings is 1. The molecule has 26 heavy (non-hydrogen) atoms. The number of benzene rings is 1. The van der Waals surface area contributed by atoms with Crippen molar-refractivity contribution >= 4 is 29.2 Å². The van der Waals surface area contributed by atoms with Crippen molar-refractivity contribution in [1.82, 2.24) is 5.32 Å². The van der Waals surface area contributed by atoms with Gasteiger partial charge in [0, 0.05) is 13.5 Å². The Bertz CT molecular complexity index is 741. The molecule has 2 saturated heterocycles. The Labute approximate surface area is 149 Å². The molecule has 1 unspecified atom stereocenters. The lowest BCUT2D eigenvalue weighted by molar-refractivity contribution is -0.127. The zero-order valence-electron chi connectivity index (χ0n) is 14.3. The van der Waals surface area contributed by atoms with Gasteiger partial charge in [0.25, 0.3) is 0 Å². The van der Waals surface area contributed by atoms with E-state index >= 15 is 0 Å². The summed E-state index contributed by atoms with van der Waals surface area (Å²) in [6.45, 7) is 2.07. The predicted molar refractivity (Wildman–Crippen MR) is 90.5 cm³/mol. The van der Waals surface area contributed by atoms with Crippen molar-refractivity contribution in [1.29, 1.82) is 0 Å². The number of Topliss-reactive ketones (excluding diaryl/α,β-unsaturated/α-hetero) is 1. The number of rotatable bonds is 4. The summed E-state index contributed by atoms with van der Waals surface area (Å²) in [5.74, 6) is -1.13. The second-order valence-corrected chi connectivity index (χ2v) is 6.38. The number of aliphatic hydroxyl groups is 1. The van der Waals surface area contributed by atoms with E-state index in [0.717, 1.165) is 0 Å². The Balaban J connectivity index is 1.70. The van der Waals surface area contributed by atoms with Crippen molar-refractivity contribution in [2.75, 3.05) is 36.0 Å². The van der Waals surface area contributed by atoms with Gasteiger partial charge in [0.2, 0.25) is 5.91 Å². The molecule has 8 nitrogen and oxygen atoms in total. The Morgan fingerprint density at radius 2 is 2.19 bits per heavy atom. The summed E-state index contributed by atoms with van der Waals surface area (Å²) in [6.07, 6.45) is -1.85. The Kier molecular flexibility index (Phi) is 5.08. The van der Waals surface area contributed by atoms with Crippen LogP contribution in [-0.2, 0) is 14.3 Å². The van der Waals surface area contributed by atoms with Crippen molar-refractivity contribution < 1.29 is 28.6 Å². The number of ketones is 1. The van der Waals surface area contributed by atoms with Gasteiger partial charge in [0.05, 0.1) is 31.0 Å². The van der Waals surface area contributed by atoms with Crippen molar-refractivity contribution in [3.63, 3.8) is 0 Å². The highest BCUT2D eigenvalue weighted by Crippen LogP contribution is 2.29. The molecule has 0 aliphatic carbocycles. The quantitative estimate of drug-likeness (QED) is 0.803. The van der Waals surface area contributed by atoms with Gasteiger partial charge in [0.15, 0.2) is 5.78 Å². The summed E-state index contributed by atoms with van der Waals surface area (Å²) < 4.78 is 19.7. The Hall–Kier alpha value is -2.68. The van der Waals surface area contributed by atoms with E-state index in [1.54, 1.807) is 11.0 Å². The SMILES string of the molecule is CC(=O)NC[C@H]1CN(c2ccc(N3CCC(O)C(=O)C3)c(F)c2)C(=O)O1. The van der Waals surface area contributed by atoms with Crippen LogP contribution in [0.25, 0.3) is 0 Å². The summed E-state index contributed by atoms with van der Waals surface area (Å²) in [4.78, 5) is 37.4. The minimum absolute atomic E-state index is 0.0536. The van der Waals surface area contributed by atoms with Gasteiger partial charge in [-0.05, 0) is 24.6 Å². The first-order chi connectivity index (χ1) is 12.3. The molecule has 0 aromatic heterocycles. The van der Waals surface area contributed by atoms with Crippen LogP contribution in [0.2, 0.25) is 0 Å². The third kappa shape index (κ3) is 3.77. The zero-order chi connectivity index (χ0) is 18.8. The van der Waals surface area contributed by atoms with Gasteiger partial charge in [-0.1, -0.05) is 0 Å². The van der Waals surface area contributed by atoms with Crippen LogP contribution in [0.5, 0.6) is 0 Å². The van der Waals surface area contributed by atoms with E-state index in [0.29, 0.717) is 12.2 Å². The number of aliphatic hydroxyl groups excluding tert-OH is 1.